The van der Waals surface area contributed by atoms with Gasteiger partial charge in [-0.3, -0.25) is 14.9 Å². The zero-order valence-electron chi connectivity index (χ0n) is 11.5. The van der Waals surface area contributed by atoms with Gasteiger partial charge in [0.25, 0.3) is 0 Å². The Balaban J connectivity index is 4.66. The summed E-state index contributed by atoms with van der Waals surface area (Å²) in [6, 6.07) is -2.06. The van der Waals surface area contributed by atoms with E-state index in [9.17, 15) is 19.2 Å². The SMILES string of the molecule is CC(=O)N[C@H](CSC(C(=O)NC(N)=O)C(C)C)C(=O)O. The van der Waals surface area contributed by atoms with Gasteiger partial charge < -0.3 is 16.2 Å². The molecule has 0 fully saturated rings. The van der Waals surface area contributed by atoms with Gasteiger partial charge in [0.2, 0.25) is 11.8 Å². The lowest BCUT2D eigenvalue weighted by Crippen LogP contribution is -2.45. The van der Waals surface area contributed by atoms with E-state index in [1.165, 1.54) is 6.92 Å². The van der Waals surface area contributed by atoms with E-state index in [4.69, 9.17) is 10.8 Å². The number of carbonyl (C=O) groups is 4. The van der Waals surface area contributed by atoms with Gasteiger partial charge in [-0.05, 0) is 5.92 Å². The van der Waals surface area contributed by atoms with Crippen molar-refractivity contribution in [2.45, 2.75) is 32.1 Å². The Labute approximate surface area is 120 Å². The van der Waals surface area contributed by atoms with E-state index in [1.54, 1.807) is 13.8 Å². The lowest BCUT2D eigenvalue weighted by Gasteiger charge is -2.21. The van der Waals surface area contributed by atoms with E-state index >= 15 is 0 Å². The first-order valence-electron chi connectivity index (χ1n) is 5.87. The average Bonchev–Trinajstić information content (AvgIpc) is 2.25. The largest absolute Gasteiger partial charge is 0.480 e. The third kappa shape index (κ3) is 6.98. The lowest BCUT2D eigenvalue weighted by atomic mass is 10.1. The van der Waals surface area contributed by atoms with E-state index < -0.39 is 35.1 Å². The number of aliphatic carboxylic acids is 1. The van der Waals surface area contributed by atoms with Crippen LogP contribution >= 0.6 is 11.8 Å². The predicted molar refractivity (Wildman–Crippen MR) is 74.1 cm³/mol. The van der Waals surface area contributed by atoms with Crippen LogP contribution in [0.5, 0.6) is 0 Å². The number of carbonyl (C=O) groups excluding carboxylic acids is 3. The van der Waals surface area contributed by atoms with Crippen molar-refractivity contribution in [1.82, 2.24) is 10.6 Å². The maximum absolute atomic E-state index is 11.7. The summed E-state index contributed by atoms with van der Waals surface area (Å²) in [4.78, 5) is 44.2. The van der Waals surface area contributed by atoms with Gasteiger partial charge in [-0.15, -0.1) is 11.8 Å². The first-order chi connectivity index (χ1) is 9.15. The van der Waals surface area contributed by atoms with Crippen molar-refractivity contribution in [1.29, 1.82) is 0 Å². The Bertz CT molecular complexity index is 400. The van der Waals surface area contributed by atoms with Gasteiger partial charge in [-0.25, -0.2) is 9.59 Å². The molecule has 8 nitrogen and oxygen atoms in total. The smallest absolute Gasteiger partial charge is 0.327 e. The predicted octanol–water partition coefficient (Wildman–Crippen LogP) is -0.472. The monoisotopic (exact) mass is 305 g/mol. The summed E-state index contributed by atoms with van der Waals surface area (Å²) in [5, 5.41) is 12.5. The van der Waals surface area contributed by atoms with Gasteiger partial charge in [0.1, 0.15) is 6.04 Å². The highest BCUT2D eigenvalue weighted by Crippen LogP contribution is 2.20. The quantitative estimate of drug-likeness (QED) is 0.501. The molecule has 1 unspecified atom stereocenters. The van der Waals surface area contributed by atoms with Crippen molar-refractivity contribution in [3.63, 3.8) is 0 Å². The molecule has 0 radical (unpaired) electrons. The molecule has 0 aliphatic rings. The highest BCUT2D eigenvalue weighted by molar-refractivity contribution is 8.00. The molecule has 20 heavy (non-hydrogen) atoms. The van der Waals surface area contributed by atoms with Crippen molar-refractivity contribution in [2.24, 2.45) is 11.7 Å². The molecule has 0 rings (SSSR count). The molecule has 0 aromatic heterocycles. The third-order valence-corrected chi connectivity index (χ3v) is 3.87. The fourth-order valence-corrected chi connectivity index (χ4v) is 2.60. The molecule has 114 valence electrons. The number of urea groups is 1. The van der Waals surface area contributed by atoms with Crippen molar-refractivity contribution >= 4 is 35.6 Å². The van der Waals surface area contributed by atoms with Crippen molar-refractivity contribution < 1.29 is 24.3 Å². The van der Waals surface area contributed by atoms with Crippen LogP contribution in [-0.4, -0.2) is 46.0 Å². The molecule has 0 bridgehead atoms. The molecule has 5 N–H and O–H groups in total. The molecule has 2 atom stereocenters. The molecule has 0 aliphatic heterocycles. The number of hydrogen-bond donors (Lipinski definition) is 4. The third-order valence-electron chi connectivity index (χ3n) is 2.23. The fourth-order valence-electron chi connectivity index (χ4n) is 1.38. The summed E-state index contributed by atoms with van der Waals surface area (Å²) in [5.74, 6) is -2.37. The van der Waals surface area contributed by atoms with Crippen LogP contribution in [0.4, 0.5) is 4.79 Å². The zero-order chi connectivity index (χ0) is 15.9. The molecule has 0 aromatic rings. The number of primary amides is 1. The second kappa shape index (κ2) is 8.41. The summed E-state index contributed by atoms with van der Waals surface area (Å²) in [5.41, 5.74) is 4.87. The highest BCUT2D eigenvalue weighted by Gasteiger charge is 2.27. The van der Waals surface area contributed by atoms with E-state index in [-0.39, 0.29) is 11.7 Å². The maximum atomic E-state index is 11.7. The molecule has 9 heteroatoms. The molecule has 0 saturated heterocycles. The number of nitrogens with two attached hydrogens (primary N) is 1. The number of amides is 4. The molecule has 0 spiro atoms. The van der Waals surface area contributed by atoms with Gasteiger partial charge in [-0.2, -0.15) is 0 Å². The number of rotatable bonds is 7. The second-order valence-corrected chi connectivity index (χ2v) is 5.62. The van der Waals surface area contributed by atoms with Gasteiger partial charge in [0.05, 0.1) is 5.25 Å². The fraction of sp³-hybridized carbons (Fsp3) is 0.636. The van der Waals surface area contributed by atoms with Crippen LogP contribution in [0.1, 0.15) is 20.8 Å². The van der Waals surface area contributed by atoms with Crippen LogP contribution < -0.4 is 16.4 Å². The van der Waals surface area contributed by atoms with Crippen LogP contribution in [-0.2, 0) is 14.4 Å². The Morgan fingerprint density at radius 1 is 1.25 bits per heavy atom. The second-order valence-electron chi connectivity index (χ2n) is 4.44. The Kier molecular flexibility index (Phi) is 7.67. The minimum Gasteiger partial charge on any atom is -0.480 e. The summed E-state index contributed by atoms with van der Waals surface area (Å²) in [6.07, 6.45) is 0. The van der Waals surface area contributed by atoms with Gasteiger partial charge in [-0.1, -0.05) is 13.8 Å². The van der Waals surface area contributed by atoms with E-state index in [1.807, 2.05) is 5.32 Å². The van der Waals surface area contributed by atoms with Crippen LogP contribution in [0.2, 0.25) is 0 Å². The topological polar surface area (TPSA) is 139 Å². The molecule has 0 heterocycles. The zero-order valence-corrected chi connectivity index (χ0v) is 12.3. The Hall–Kier alpha value is -1.77. The van der Waals surface area contributed by atoms with E-state index in [0.717, 1.165) is 11.8 Å². The number of nitrogens with one attached hydrogen (secondary N) is 2. The van der Waals surface area contributed by atoms with Crippen LogP contribution in [0.15, 0.2) is 0 Å². The van der Waals surface area contributed by atoms with Gasteiger partial charge in [0.15, 0.2) is 0 Å². The molecule has 0 aromatic carbocycles. The van der Waals surface area contributed by atoms with E-state index in [2.05, 4.69) is 5.32 Å². The first-order valence-corrected chi connectivity index (χ1v) is 6.91. The van der Waals surface area contributed by atoms with Crippen LogP contribution in [0.3, 0.4) is 0 Å². The highest BCUT2D eigenvalue weighted by atomic mass is 32.2. The number of hydrogen-bond acceptors (Lipinski definition) is 5. The summed E-state index contributed by atoms with van der Waals surface area (Å²) in [7, 11) is 0. The molecule has 4 amide bonds. The Morgan fingerprint density at radius 3 is 2.15 bits per heavy atom. The standard InChI is InChI=1S/C11H19N3O5S/c1-5(2)8(9(16)14-11(12)19)20-4-7(10(17)18)13-6(3)15/h5,7-8H,4H2,1-3H3,(H,13,15)(H,17,18)(H3,12,14,16,19)/t7-,8?/m1/s1. The first kappa shape index (κ1) is 18.2. The number of carboxylic acids is 1. The Morgan fingerprint density at radius 2 is 1.80 bits per heavy atom. The van der Waals surface area contributed by atoms with Crippen molar-refractivity contribution in [3.8, 4) is 0 Å². The van der Waals surface area contributed by atoms with Gasteiger partial charge >= 0.3 is 12.0 Å². The minimum absolute atomic E-state index is 0.00391. The molecule has 0 aliphatic carbocycles. The summed E-state index contributed by atoms with van der Waals surface area (Å²) < 4.78 is 0. The minimum atomic E-state index is -1.19. The van der Waals surface area contributed by atoms with E-state index in [0.29, 0.717) is 0 Å². The number of carboxylic acid groups (broad SMARTS) is 1. The molecule has 0 saturated carbocycles. The maximum Gasteiger partial charge on any atom is 0.327 e. The average molecular weight is 305 g/mol. The van der Waals surface area contributed by atoms with Crippen LogP contribution in [0, 0.1) is 5.92 Å². The van der Waals surface area contributed by atoms with Crippen molar-refractivity contribution in [3.05, 3.63) is 0 Å². The van der Waals surface area contributed by atoms with Crippen LogP contribution in [0.25, 0.3) is 0 Å². The lowest BCUT2D eigenvalue weighted by molar-refractivity contribution is -0.140. The number of thioether (sulfide) groups is 1. The molecular weight excluding hydrogens is 286 g/mol. The van der Waals surface area contributed by atoms with Gasteiger partial charge in [0, 0.05) is 12.7 Å². The molecular formula is C11H19N3O5S. The normalized spacial score (nSPS) is 13.4. The summed E-state index contributed by atoms with van der Waals surface area (Å²) in [6.45, 7) is 4.72. The number of imide groups is 1. The van der Waals surface area contributed by atoms with Crippen molar-refractivity contribution in [2.75, 3.05) is 5.75 Å². The summed E-state index contributed by atoms with van der Waals surface area (Å²) >= 11 is 1.04.